The van der Waals surface area contributed by atoms with Gasteiger partial charge in [-0.1, -0.05) is 243 Å². The summed E-state index contributed by atoms with van der Waals surface area (Å²) in [5.74, 6) is -0.889. The predicted octanol–water partition coefficient (Wildman–Crippen LogP) is 18.7. The zero-order valence-electron chi connectivity index (χ0n) is 43.3. The molecule has 378 valence electrons. The molecule has 6 heteroatoms. The average molecular weight is 911 g/mol. The van der Waals surface area contributed by atoms with Gasteiger partial charge in [0, 0.05) is 19.3 Å². The molecule has 0 amide bonds. The normalized spacial score (nSPS) is 12.4. The van der Waals surface area contributed by atoms with Gasteiger partial charge in [0.1, 0.15) is 13.2 Å². The first-order valence-electron chi connectivity index (χ1n) is 28.1. The quantitative estimate of drug-likeness (QED) is 0.0262. The van der Waals surface area contributed by atoms with Gasteiger partial charge in [-0.05, 0) is 77.0 Å². The minimum absolute atomic E-state index is 0.0794. The maximum Gasteiger partial charge on any atom is 0.306 e. The van der Waals surface area contributed by atoms with Crippen LogP contribution in [-0.2, 0) is 28.6 Å². The maximum atomic E-state index is 12.8. The topological polar surface area (TPSA) is 78.9 Å². The van der Waals surface area contributed by atoms with Crippen molar-refractivity contribution >= 4 is 17.9 Å². The fourth-order valence-electron chi connectivity index (χ4n) is 8.02. The summed E-state index contributed by atoms with van der Waals surface area (Å²) in [6.07, 6.45) is 65.3. The predicted molar refractivity (Wildman–Crippen MR) is 279 cm³/mol. The van der Waals surface area contributed by atoms with E-state index in [4.69, 9.17) is 14.2 Å². The van der Waals surface area contributed by atoms with Gasteiger partial charge >= 0.3 is 17.9 Å². The number of hydrogen-bond acceptors (Lipinski definition) is 6. The van der Waals surface area contributed by atoms with E-state index in [1.54, 1.807) is 0 Å². The molecule has 0 spiro atoms. The smallest absolute Gasteiger partial charge is 0.306 e. The van der Waals surface area contributed by atoms with Crippen molar-refractivity contribution < 1.29 is 28.6 Å². The van der Waals surface area contributed by atoms with Gasteiger partial charge in [-0.25, -0.2) is 0 Å². The van der Waals surface area contributed by atoms with Crippen molar-refractivity contribution in [2.24, 2.45) is 0 Å². The van der Waals surface area contributed by atoms with Crippen molar-refractivity contribution in [1.82, 2.24) is 0 Å². The van der Waals surface area contributed by atoms with Crippen LogP contribution in [0.1, 0.15) is 290 Å². The van der Waals surface area contributed by atoms with Gasteiger partial charge in [-0.2, -0.15) is 0 Å². The number of allylic oxidation sites excluding steroid dienone is 8. The Balaban J connectivity index is 4.33. The third kappa shape index (κ3) is 52.2. The second-order valence-corrected chi connectivity index (χ2v) is 18.8. The van der Waals surface area contributed by atoms with Crippen LogP contribution in [0.3, 0.4) is 0 Å². The molecule has 0 bridgehead atoms. The highest BCUT2D eigenvalue weighted by Gasteiger charge is 2.19. The summed E-state index contributed by atoms with van der Waals surface area (Å²) in [6, 6.07) is 0. The lowest BCUT2D eigenvalue weighted by molar-refractivity contribution is -0.167. The lowest BCUT2D eigenvalue weighted by Gasteiger charge is -2.18. The number of rotatable bonds is 51. The van der Waals surface area contributed by atoms with Crippen molar-refractivity contribution in [2.75, 3.05) is 13.2 Å². The number of hydrogen-bond donors (Lipinski definition) is 0. The molecule has 6 nitrogen and oxygen atoms in total. The zero-order valence-corrected chi connectivity index (χ0v) is 43.3. The Morgan fingerprint density at radius 3 is 0.923 bits per heavy atom. The third-order valence-corrected chi connectivity index (χ3v) is 12.3. The van der Waals surface area contributed by atoms with Crippen molar-refractivity contribution in [2.45, 2.75) is 297 Å². The Kier molecular flexibility index (Phi) is 51.8. The van der Waals surface area contributed by atoms with E-state index < -0.39 is 6.10 Å². The molecule has 0 N–H and O–H groups in total. The Morgan fingerprint density at radius 2 is 0.569 bits per heavy atom. The van der Waals surface area contributed by atoms with Crippen LogP contribution in [0.15, 0.2) is 48.6 Å². The van der Waals surface area contributed by atoms with Gasteiger partial charge in [0.2, 0.25) is 0 Å². The van der Waals surface area contributed by atoms with E-state index >= 15 is 0 Å². The lowest BCUT2D eigenvalue weighted by Crippen LogP contribution is -2.30. The van der Waals surface area contributed by atoms with Gasteiger partial charge in [0.25, 0.3) is 0 Å². The molecule has 0 heterocycles. The molecule has 0 fully saturated rings. The number of ether oxygens (including phenoxy) is 3. The van der Waals surface area contributed by atoms with Crippen LogP contribution in [0.4, 0.5) is 0 Å². The SMILES string of the molecule is CCCC/C=C\CCCCCCCC(=O)OCC(COC(=O)CCCCCCCC/C=C\C/C=C\C/C=C\CCCCCCC)OC(=O)CCCCCCCCCCCCCCCCC. The average Bonchev–Trinajstić information content (AvgIpc) is 3.30. The summed E-state index contributed by atoms with van der Waals surface area (Å²) in [4.78, 5) is 38.0. The summed E-state index contributed by atoms with van der Waals surface area (Å²) in [6.45, 7) is 6.60. The van der Waals surface area contributed by atoms with Gasteiger partial charge in [0.05, 0.1) is 0 Å². The standard InChI is InChI=1S/C59H106O6/c1-4-7-10-13-16-19-22-24-26-27-28-29-30-31-33-34-37-40-43-46-49-52-58(61)64-55-56(54-63-57(60)51-48-45-42-39-36-21-18-15-12-9-6-3)65-59(62)53-50-47-44-41-38-35-32-25-23-20-17-14-11-8-5-2/h15,18,22,24,27-28,30-31,56H,4-14,16-17,19-21,23,25-26,29,32-55H2,1-3H3/b18-15-,24-22-,28-27-,31-30-. The molecule has 0 aromatic rings. The lowest BCUT2D eigenvalue weighted by atomic mass is 10.0. The Morgan fingerprint density at radius 1 is 0.308 bits per heavy atom. The van der Waals surface area contributed by atoms with Crippen LogP contribution in [0.5, 0.6) is 0 Å². The summed E-state index contributed by atoms with van der Waals surface area (Å²) in [5, 5.41) is 0. The monoisotopic (exact) mass is 911 g/mol. The van der Waals surface area contributed by atoms with E-state index in [0.717, 1.165) is 83.5 Å². The number of carbonyl (C=O) groups excluding carboxylic acids is 3. The number of esters is 3. The van der Waals surface area contributed by atoms with E-state index in [-0.39, 0.29) is 31.1 Å². The van der Waals surface area contributed by atoms with E-state index in [1.165, 1.54) is 167 Å². The first kappa shape index (κ1) is 62.4. The molecule has 0 aromatic heterocycles. The van der Waals surface area contributed by atoms with E-state index in [2.05, 4.69) is 69.4 Å². The van der Waals surface area contributed by atoms with E-state index in [0.29, 0.717) is 19.3 Å². The van der Waals surface area contributed by atoms with Crippen molar-refractivity contribution in [1.29, 1.82) is 0 Å². The molecule has 0 aliphatic rings. The van der Waals surface area contributed by atoms with E-state index in [1.807, 2.05) is 0 Å². The third-order valence-electron chi connectivity index (χ3n) is 12.3. The first-order valence-corrected chi connectivity index (χ1v) is 28.1. The number of carbonyl (C=O) groups is 3. The molecule has 65 heavy (non-hydrogen) atoms. The summed E-state index contributed by atoms with van der Waals surface area (Å²) >= 11 is 0. The number of unbranched alkanes of at least 4 members (excludes halogenated alkanes) is 32. The molecule has 0 radical (unpaired) electrons. The van der Waals surface area contributed by atoms with Crippen LogP contribution < -0.4 is 0 Å². The molecule has 0 rings (SSSR count). The Bertz CT molecular complexity index is 1140. The summed E-state index contributed by atoms with van der Waals surface area (Å²) in [5.41, 5.74) is 0. The minimum Gasteiger partial charge on any atom is -0.462 e. The molecule has 1 unspecified atom stereocenters. The highest BCUT2D eigenvalue weighted by Crippen LogP contribution is 2.16. The highest BCUT2D eigenvalue weighted by atomic mass is 16.6. The molecule has 0 aromatic carbocycles. The fraction of sp³-hybridized carbons (Fsp3) is 0.814. The van der Waals surface area contributed by atoms with Gasteiger partial charge in [0.15, 0.2) is 6.10 Å². The minimum atomic E-state index is -0.779. The van der Waals surface area contributed by atoms with Crippen LogP contribution in [-0.4, -0.2) is 37.2 Å². The highest BCUT2D eigenvalue weighted by molar-refractivity contribution is 5.71. The second kappa shape index (κ2) is 54.0. The molecule has 0 saturated carbocycles. The van der Waals surface area contributed by atoms with E-state index in [9.17, 15) is 14.4 Å². The maximum absolute atomic E-state index is 12.8. The van der Waals surface area contributed by atoms with Crippen LogP contribution in [0.2, 0.25) is 0 Å². The second-order valence-electron chi connectivity index (χ2n) is 18.8. The first-order chi connectivity index (χ1) is 32.0. The molecule has 1 atom stereocenters. The van der Waals surface area contributed by atoms with Crippen LogP contribution >= 0.6 is 0 Å². The van der Waals surface area contributed by atoms with Gasteiger partial charge in [-0.15, -0.1) is 0 Å². The van der Waals surface area contributed by atoms with Gasteiger partial charge < -0.3 is 14.2 Å². The Labute approximate surface area is 403 Å². The molecule has 0 aliphatic carbocycles. The largest absolute Gasteiger partial charge is 0.462 e. The molecular formula is C59H106O6. The van der Waals surface area contributed by atoms with Gasteiger partial charge in [-0.3, -0.25) is 14.4 Å². The molecule has 0 saturated heterocycles. The Hall–Kier alpha value is -2.63. The van der Waals surface area contributed by atoms with Crippen LogP contribution in [0, 0.1) is 0 Å². The fourth-order valence-corrected chi connectivity index (χ4v) is 8.02. The van der Waals surface area contributed by atoms with Crippen LogP contribution in [0.25, 0.3) is 0 Å². The summed E-state index contributed by atoms with van der Waals surface area (Å²) in [7, 11) is 0. The van der Waals surface area contributed by atoms with Crippen molar-refractivity contribution in [3.05, 3.63) is 48.6 Å². The summed E-state index contributed by atoms with van der Waals surface area (Å²) < 4.78 is 16.8. The molecular weight excluding hydrogens is 805 g/mol. The van der Waals surface area contributed by atoms with Crippen molar-refractivity contribution in [3.8, 4) is 0 Å². The van der Waals surface area contributed by atoms with Crippen molar-refractivity contribution in [3.63, 3.8) is 0 Å². The molecule has 0 aliphatic heterocycles. The zero-order chi connectivity index (χ0) is 47.2.